The van der Waals surface area contributed by atoms with Crippen molar-refractivity contribution < 1.29 is 22.4 Å². The maximum absolute atomic E-state index is 12.5. The van der Waals surface area contributed by atoms with Crippen LogP contribution in [0.1, 0.15) is 24.8 Å². The van der Waals surface area contributed by atoms with Crippen molar-refractivity contribution in [3.63, 3.8) is 0 Å². The number of Topliss-reactive ketones (excluding diaryl/α,β-unsaturated/α-hetero) is 1. The van der Waals surface area contributed by atoms with Crippen molar-refractivity contribution in [2.75, 3.05) is 0 Å². The van der Waals surface area contributed by atoms with Crippen LogP contribution in [0.15, 0.2) is 24.3 Å². The summed E-state index contributed by atoms with van der Waals surface area (Å²) >= 11 is 0. The lowest BCUT2D eigenvalue weighted by atomic mass is 10.0. The molecule has 0 atom stereocenters. The third kappa shape index (κ3) is 6.04. The lowest BCUT2D eigenvalue weighted by Crippen LogP contribution is -2.09. The van der Waals surface area contributed by atoms with Gasteiger partial charge in [0.2, 0.25) is 0 Å². The van der Waals surface area contributed by atoms with E-state index in [0.29, 0.717) is 5.56 Å². The van der Waals surface area contributed by atoms with Crippen LogP contribution in [0.3, 0.4) is 0 Å². The summed E-state index contributed by atoms with van der Waals surface area (Å²) in [4.78, 5) is 11.3. The first-order valence-corrected chi connectivity index (χ1v) is 5.20. The normalized spacial score (nSPS) is 11.5. The van der Waals surface area contributed by atoms with Gasteiger partial charge in [-0.05, 0) is 24.1 Å². The van der Waals surface area contributed by atoms with Gasteiger partial charge >= 0.3 is 6.18 Å². The van der Waals surface area contributed by atoms with Crippen LogP contribution in [0.5, 0.6) is 0 Å². The fourth-order valence-electron chi connectivity index (χ4n) is 1.40. The summed E-state index contributed by atoms with van der Waals surface area (Å²) in [7, 11) is 0. The van der Waals surface area contributed by atoms with Gasteiger partial charge in [-0.15, -0.1) is 0 Å². The summed E-state index contributed by atoms with van der Waals surface area (Å²) in [5.41, 5.74) is 0.614. The van der Waals surface area contributed by atoms with Gasteiger partial charge in [0, 0.05) is 19.3 Å². The SMILES string of the molecule is O=C(CCCC(F)(F)F)Cc1ccc(F)cc1. The maximum atomic E-state index is 12.5. The average Bonchev–Trinajstić information content (AvgIpc) is 2.19. The number of hydrogen-bond donors (Lipinski definition) is 0. The Kier molecular flexibility index (Phi) is 4.66. The standard InChI is InChI=1S/C12H12F4O/c13-10-5-3-9(4-6-10)8-11(17)2-1-7-12(14,15)16/h3-6H,1-2,7-8H2. The number of alkyl halides is 3. The lowest BCUT2D eigenvalue weighted by molar-refractivity contribution is -0.137. The molecular weight excluding hydrogens is 236 g/mol. The summed E-state index contributed by atoms with van der Waals surface area (Å²) in [6.45, 7) is 0. The highest BCUT2D eigenvalue weighted by molar-refractivity contribution is 5.80. The van der Waals surface area contributed by atoms with Crippen molar-refractivity contribution in [1.82, 2.24) is 0 Å². The van der Waals surface area contributed by atoms with Crippen molar-refractivity contribution >= 4 is 5.78 Å². The fourth-order valence-corrected chi connectivity index (χ4v) is 1.40. The van der Waals surface area contributed by atoms with E-state index >= 15 is 0 Å². The van der Waals surface area contributed by atoms with E-state index in [9.17, 15) is 22.4 Å². The molecule has 0 aromatic heterocycles. The van der Waals surface area contributed by atoms with Crippen molar-refractivity contribution in [3.8, 4) is 0 Å². The number of ketones is 1. The van der Waals surface area contributed by atoms with Crippen LogP contribution in [0.4, 0.5) is 17.6 Å². The summed E-state index contributed by atoms with van der Waals surface area (Å²) < 4.78 is 48.0. The summed E-state index contributed by atoms with van der Waals surface area (Å²) in [5, 5.41) is 0. The molecule has 0 amide bonds. The van der Waals surface area contributed by atoms with Crippen LogP contribution < -0.4 is 0 Å². The first-order chi connectivity index (χ1) is 7.87. The van der Waals surface area contributed by atoms with Gasteiger partial charge in [-0.1, -0.05) is 12.1 Å². The molecule has 0 heterocycles. The van der Waals surface area contributed by atoms with Crippen molar-refractivity contribution in [3.05, 3.63) is 35.6 Å². The van der Waals surface area contributed by atoms with Crippen LogP contribution in [-0.4, -0.2) is 12.0 Å². The Bertz CT molecular complexity index is 367. The van der Waals surface area contributed by atoms with E-state index in [4.69, 9.17) is 0 Å². The number of benzene rings is 1. The Morgan fingerprint density at radius 1 is 1.12 bits per heavy atom. The fraction of sp³-hybridized carbons (Fsp3) is 0.417. The highest BCUT2D eigenvalue weighted by Crippen LogP contribution is 2.22. The van der Waals surface area contributed by atoms with Gasteiger partial charge < -0.3 is 0 Å². The summed E-state index contributed by atoms with van der Waals surface area (Å²) in [6.07, 6.45) is -5.39. The maximum Gasteiger partial charge on any atom is 0.389 e. The van der Waals surface area contributed by atoms with Gasteiger partial charge in [0.15, 0.2) is 0 Å². The highest BCUT2D eigenvalue weighted by atomic mass is 19.4. The minimum atomic E-state index is -4.21. The van der Waals surface area contributed by atoms with Gasteiger partial charge in [-0.3, -0.25) is 4.79 Å². The Morgan fingerprint density at radius 3 is 2.24 bits per heavy atom. The van der Waals surface area contributed by atoms with Gasteiger partial charge in [0.1, 0.15) is 11.6 Å². The molecule has 5 heteroatoms. The van der Waals surface area contributed by atoms with E-state index in [1.165, 1.54) is 24.3 Å². The minimum absolute atomic E-state index is 0.0537. The minimum Gasteiger partial charge on any atom is -0.299 e. The Labute approximate surface area is 96.4 Å². The smallest absolute Gasteiger partial charge is 0.299 e. The molecule has 0 fully saturated rings. The predicted octanol–water partition coefficient (Wildman–Crippen LogP) is 3.67. The number of halogens is 4. The number of hydrogen-bond acceptors (Lipinski definition) is 1. The van der Waals surface area contributed by atoms with Gasteiger partial charge in [0.25, 0.3) is 0 Å². The van der Waals surface area contributed by atoms with Crippen LogP contribution in [0.2, 0.25) is 0 Å². The molecule has 0 aliphatic heterocycles. The Hall–Kier alpha value is -1.39. The van der Waals surface area contributed by atoms with E-state index in [1.807, 2.05) is 0 Å². The van der Waals surface area contributed by atoms with Gasteiger partial charge in [-0.25, -0.2) is 4.39 Å². The Balaban J connectivity index is 2.32. The zero-order valence-electron chi connectivity index (χ0n) is 9.06. The number of carbonyl (C=O) groups is 1. The average molecular weight is 248 g/mol. The third-order valence-corrected chi connectivity index (χ3v) is 2.23. The third-order valence-electron chi connectivity index (χ3n) is 2.23. The molecule has 94 valence electrons. The molecule has 1 aromatic carbocycles. The van der Waals surface area contributed by atoms with Crippen molar-refractivity contribution in [1.29, 1.82) is 0 Å². The molecular formula is C12H12F4O. The van der Waals surface area contributed by atoms with Crippen LogP contribution in [0, 0.1) is 5.82 Å². The van der Waals surface area contributed by atoms with Gasteiger partial charge in [0.05, 0.1) is 0 Å². The molecule has 0 radical (unpaired) electrons. The predicted molar refractivity (Wildman–Crippen MR) is 55.0 cm³/mol. The molecule has 0 bridgehead atoms. The molecule has 1 aromatic rings. The lowest BCUT2D eigenvalue weighted by Gasteiger charge is -2.05. The molecule has 1 rings (SSSR count). The molecule has 17 heavy (non-hydrogen) atoms. The molecule has 0 saturated heterocycles. The molecule has 0 aliphatic rings. The number of rotatable bonds is 5. The zero-order valence-corrected chi connectivity index (χ0v) is 9.06. The molecule has 0 unspecified atom stereocenters. The van der Waals surface area contributed by atoms with Crippen LogP contribution in [-0.2, 0) is 11.2 Å². The Morgan fingerprint density at radius 2 is 1.71 bits per heavy atom. The number of carbonyl (C=O) groups excluding carboxylic acids is 1. The first kappa shape index (κ1) is 13.7. The monoisotopic (exact) mass is 248 g/mol. The van der Waals surface area contributed by atoms with E-state index in [2.05, 4.69) is 0 Å². The summed E-state index contributed by atoms with van der Waals surface area (Å²) in [6, 6.07) is 5.35. The highest BCUT2D eigenvalue weighted by Gasteiger charge is 2.26. The second-order valence-corrected chi connectivity index (χ2v) is 3.81. The second kappa shape index (κ2) is 5.80. The zero-order chi connectivity index (χ0) is 12.9. The van der Waals surface area contributed by atoms with E-state index < -0.39 is 18.4 Å². The topological polar surface area (TPSA) is 17.1 Å². The van der Waals surface area contributed by atoms with E-state index in [0.717, 1.165) is 0 Å². The van der Waals surface area contributed by atoms with Crippen molar-refractivity contribution in [2.45, 2.75) is 31.9 Å². The molecule has 0 aliphatic carbocycles. The van der Waals surface area contributed by atoms with Crippen molar-refractivity contribution in [2.24, 2.45) is 0 Å². The second-order valence-electron chi connectivity index (χ2n) is 3.81. The summed E-state index contributed by atoms with van der Waals surface area (Å²) in [5.74, 6) is -0.667. The quantitative estimate of drug-likeness (QED) is 0.726. The molecule has 0 saturated carbocycles. The van der Waals surface area contributed by atoms with E-state index in [1.54, 1.807) is 0 Å². The van der Waals surface area contributed by atoms with E-state index in [-0.39, 0.29) is 25.0 Å². The van der Waals surface area contributed by atoms with Gasteiger partial charge in [-0.2, -0.15) is 13.2 Å². The molecule has 1 nitrogen and oxygen atoms in total. The van der Waals surface area contributed by atoms with Crippen LogP contribution >= 0.6 is 0 Å². The van der Waals surface area contributed by atoms with Crippen LogP contribution in [0.25, 0.3) is 0 Å². The molecule has 0 spiro atoms. The largest absolute Gasteiger partial charge is 0.389 e. The first-order valence-electron chi connectivity index (χ1n) is 5.20. The molecule has 0 N–H and O–H groups in total.